The average Bonchev–Trinajstić information content (AvgIpc) is 1.94. The van der Waals surface area contributed by atoms with Crippen molar-refractivity contribution in [3.63, 3.8) is 0 Å². The van der Waals surface area contributed by atoms with Crippen LogP contribution in [0, 0.1) is 0 Å². The van der Waals surface area contributed by atoms with Gasteiger partial charge in [-0.05, 0) is 26.0 Å². The van der Waals surface area contributed by atoms with Crippen molar-refractivity contribution < 1.29 is 0 Å². The summed E-state index contributed by atoms with van der Waals surface area (Å²) in [5, 5.41) is 3.46. The molecule has 2 heteroatoms. The minimum absolute atomic E-state index is 0.565. The van der Waals surface area contributed by atoms with E-state index < -0.39 is 0 Å². The molecular formula is C10H19NS. The summed E-state index contributed by atoms with van der Waals surface area (Å²) in [6.45, 7) is 8.07. The van der Waals surface area contributed by atoms with E-state index in [0.717, 1.165) is 13.1 Å². The maximum atomic E-state index is 3.88. The second-order valence-electron chi connectivity index (χ2n) is 3.80. The highest BCUT2D eigenvalue weighted by Crippen LogP contribution is 2.42. The highest BCUT2D eigenvalue weighted by Gasteiger charge is 2.35. The summed E-state index contributed by atoms with van der Waals surface area (Å²) >= 11 is 2.02. The van der Waals surface area contributed by atoms with Gasteiger partial charge in [0.05, 0.1) is 0 Å². The van der Waals surface area contributed by atoms with Gasteiger partial charge >= 0.3 is 0 Å². The molecule has 12 heavy (non-hydrogen) atoms. The minimum atomic E-state index is 0.565. The lowest BCUT2D eigenvalue weighted by Gasteiger charge is -2.40. The van der Waals surface area contributed by atoms with Crippen LogP contribution in [0.2, 0.25) is 0 Å². The van der Waals surface area contributed by atoms with E-state index in [1.165, 1.54) is 24.8 Å². The molecule has 70 valence electrons. The van der Waals surface area contributed by atoms with Crippen molar-refractivity contribution in [1.29, 1.82) is 0 Å². The molecule has 1 fully saturated rings. The van der Waals surface area contributed by atoms with Crippen molar-refractivity contribution in [2.45, 2.75) is 30.9 Å². The Bertz CT molecular complexity index is 156. The predicted molar refractivity (Wildman–Crippen MR) is 57.8 cm³/mol. The van der Waals surface area contributed by atoms with Crippen LogP contribution in [-0.2, 0) is 0 Å². The number of hydrogen-bond acceptors (Lipinski definition) is 2. The van der Waals surface area contributed by atoms with Crippen LogP contribution in [0.4, 0.5) is 0 Å². The van der Waals surface area contributed by atoms with E-state index >= 15 is 0 Å². The van der Waals surface area contributed by atoms with Crippen molar-refractivity contribution in [2.24, 2.45) is 0 Å². The maximum Gasteiger partial charge on any atom is 0.0281 e. The van der Waals surface area contributed by atoms with E-state index in [4.69, 9.17) is 0 Å². The highest BCUT2D eigenvalue weighted by molar-refractivity contribution is 8.00. The van der Waals surface area contributed by atoms with E-state index in [9.17, 15) is 0 Å². The fourth-order valence-electron chi connectivity index (χ4n) is 1.53. The third-order valence-electron chi connectivity index (χ3n) is 2.57. The Kier molecular flexibility index (Phi) is 3.66. The van der Waals surface area contributed by atoms with E-state index in [1.54, 1.807) is 0 Å². The maximum absolute atomic E-state index is 3.88. The van der Waals surface area contributed by atoms with E-state index in [2.05, 4.69) is 25.1 Å². The van der Waals surface area contributed by atoms with Crippen molar-refractivity contribution >= 4 is 11.8 Å². The van der Waals surface area contributed by atoms with Crippen LogP contribution < -0.4 is 5.32 Å². The molecule has 0 radical (unpaired) electrons. The lowest BCUT2D eigenvalue weighted by Crippen LogP contribution is -2.43. The zero-order valence-electron chi connectivity index (χ0n) is 8.15. The standard InChI is InChI=1S/C10H19NS/c1-9(2)7-11-8-10(12-3)5-4-6-10/h11H,1,4-8H2,2-3H3. The van der Waals surface area contributed by atoms with Crippen molar-refractivity contribution in [3.05, 3.63) is 12.2 Å². The number of hydrogen-bond donors (Lipinski definition) is 1. The lowest BCUT2D eigenvalue weighted by atomic mass is 9.84. The normalized spacial score (nSPS) is 20.2. The van der Waals surface area contributed by atoms with Crippen LogP contribution in [0.25, 0.3) is 0 Å². The van der Waals surface area contributed by atoms with Crippen LogP contribution in [0.15, 0.2) is 12.2 Å². The van der Waals surface area contributed by atoms with Gasteiger partial charge in [-0.2, -0.15) is 11.8 Å². The molecule has 0 aromatic rings. The second-order valence-corrected chi connectivity index (χ2v) is 5.08. The molecule has 0 spiro atoms. The van der Waals surface area contributed by atoms with Gasteiger partial charge in [0.25, 0.3) is 0 Å². The monoisotopic (exact) mass is 185 g/mol. The smallest absolute Gasteiger partial charge is 0.0281 e. The number of nitrogens with one attached hydrogen (secondary N) is 1. The van der Waals surface area contributed by atoms with Crippen molar-refractivity contribution in [1.82, 2.24) is 5.32 Å². The Morgan fingerprint density at radius 2 is 2.25 bits per heavy atom. The van der Waals surface area contributed by atoms with Gasteiger partial charge in [0.15, 0.2) is 0 Å². The van der Waals surface area contributed by atoms with Crippen molar-refractivity contribution in [2.75, 3.05) is 19.3 Å². The van der Waals surface area contributed by atoms with E-state index in [1.807, 2.05) is 11.8 Å². The Morgan fingerprint density at radius 1 is 1.58 bits per heavy atom. The Hall–Kier alpha value is 0.0500. The zero-order valence-corrected chi connectivity index (χ0v) is 8.97. The summed E-state index contributed by atoms with van der Waals surface area (Å²) in [5.41, 5.74) is 1.23. The highest BCUT2D eigenvalue weighted by atomic mass is 32.2. The topological polar surface area (TPSA) is 12.0 Å². The van der Waals surface area contributed by atoms with E-state index in [-0.39, 0.29) is 0 Å². The number of thioether (sulfide) groups is 1. The summed E-state index contributed by atoms with van der Waals surface area (Å²) in [7, 11) is 0. The van der Waals surface area contributed by atoms with Crippen LogP contribution in [0.1, 0.15) is 26.2 Å². The summed E-state index contributed by atoms with van der Waals surface area (Å²) in [5.74, 6) is 0. The van der Waals surface area contributed by atoms with Gasteiger partial charge in [0.2, 0.25) is 0 Å². The summed E-state index contributed by atoms with van der Waals surface area (Å²) < 4.78 is 0.565. The molecule has 0 aromatic carbocycles. The van der Waals surface area contributed by atoms with Gasteiger partial charge in [-0.25, -0.2) is 0 Å². The first kappa shape index (κ1) is 10.1. The molecule has 1 aliphatic carbocycles. The second kappa shape index (κ2) is 4.33. The first-order valence-electron chi connectivity index (χ1n) is 4.59. The molecule has 1 aliphatic rings. The van der Waals surface area contributed by atoms with Gasteiger partial charge in [-0.3, -0.25) is 0 Å². The Morgan fingerprint density at radius 3 is 2.58 bits per heavy atom. The first-order valence-corrected chi connectivity index (χ1v) is 5.81. The van der Waals surface area contributed by atoms with Crippen LogP contribution in [0.5, 0.6) is 0 Å². The largest absolute Gasteiger partial charge is 0.312 e. The molecule has 1 N–H and O–H groups in total. The molecule has 0 bridgehead atoms. The molecule has 0 heterocycles. The molecule has 1 saturated carbocycles. The summed E-state index contributed by atoms with van der Waals surface area (Å²) in [6.07, 6.45) is 6.41. The molecular weight excluding hydrogens is 166 g/mol. The Balaban J connectivity index is 2.16. The first-order chi connectivity index (χ1) is 5.68. The van der Waals surface area contributed by atoms with Crippen LogP contribution in [-0.4, -0.2) is 24.1 Å². The van der Waals surface area contributed by atoms with Gasteiger partial charge in [0, 0.05) is 17.8 Å². The van der Waals surface area contributed by atoms with Gasteiger partial charge in [0.1, 0.15) is 0 Å². The quantitative estimate of drug-likeness (QED) is 0.660. The Labute approximate surface area is 80.0 Å². The summed E-state index contributed by atoms with van der Waals surface area (Å²) in [4.78, 5) is 0. The SMILES string of the molecule is C=C(C)CNCC1(SC)CCC1. The van der Waals surface area contributed by atoms with Gasteiger partial charge in [-0.1, -0.05) is 18.6 Å². The fourth-order valence-corrected chi connectivity index (χ4v) is 2.47. The van der Waals surface area contributed by atoms with E-state index in [0.29, 0.717) is 4.75 Å². The molecule has 0 unspecified atom stereocenters. The summed E-state index contributed by atoms with van der Waals surface area (Å²) in [6, 6.07) is 0. The molecule has 0 amide bonds. The molecule has 0 aliphatic heterocycles. The third kappa shape index (κ3) is 2.53. The minimum Gasteiger partial charge on any atom is -0.312 e. The molecule has 1 nitrogen and oxygen atoms in total. The van der Waals surface area contributed by atoms with Crippen molar-refractivity contribution in [3.8, 4) is 0 Å². The molecule has 0 aromatic heterocycles. The average molecular weight is 185 g/mol. The molecule has 0 atom stereocenters. The van der Waals surface area contributed by atoms with Crippen LogP contribution in [0.3, 0.4) is 0 Å². The third-order valence-corrected chi connectivity index (χ3v) is 3.99. The predicted octanol–water partition coefficient (Wildman–Crippen LogP) is 2.44. The lowest BCUT2D eigenvalue weighted by molar-refractivity contribution is 0.350. The molecule has 1 rings (SSSR count). The molecule has 0 saturated heterocycles. The fraction of sp³-hybridized carbons (Fsp3) is 0.800. The van der Waals surface area contributed by atoms with Gasteiger partial charge < -0.3 is 5.32 Å². The zero-order chi connectivity index (χ0) is 9.03. The van der Waals surface area contributed by atoms with Crippen LogP contribution >= 0.6 is 11.8 Å². The van der Waals surface area contributed by atoms with Gasteiger partial charge in [-0.15, -0.1) is 0 Å². The number of rotatable bonds is 5.